The smallest absolute Gasteiger partial charge is 0.251 e. The van der Waals surface area contributed by atoms with Crippen molar-refractivity contribution in [1.82, 2.24) is 4.98 Å². The molecule has 2 aliphatic rings. The second-order valence-corrected chi connectivity index (χ2v) is 7.08. The van der Waals surface area contributed by atoms with Crippen LogP contribution in [0.15, 0.2) is 36.5 Å². The number of carbonyl (C=O) groups excluding carboxylic acids is 1. The number of nitrogen functional groups attached to an aromatic ring is 1. The summed E-state index contributed by atoms with van der Waals surface area (Å²) in [5.74, 6) is 0.713. The number of rotatable bonds is 3. The van der Waals surface area contributed by atoms with Gasteiger partial charge in [-0.25, -0.2) is 9.29 Å². The number of ether oxygens (including phenoxy) is 1. The molecule has 1 amide bonds. The molecule has 2 aromatic rings. The van der Waals surface area contributed by atoms with Crippen LogP contribution >= 0.6 is 12.3 Å². The standard InChI is InChI=1S/C18H19FN4O2S/c1-25-14-10-15-16(21-11-14)23(26-19)17(24)18(15)6-8-22(9-7-18)13-4-2-12(20)3-5-13/h2-5,10-11H,6-9,20H2,1H3. The van der Waals surface area contributed by atoms with E-state index in [1.54, 1.807) is 7.11 Å². The van der Waals surface area contributed by atoms with Gasteiger partial charge in [-0.1, -0.05) is 0 Å². The van der Waals surface area contributed by atoms with E-state index in [1.165, 1.54) is 6.20 Å². The first-order valence-electron chi connectivity index (χ1n) is 8.37. The van der Waals surface area contributed by atoms with Crippen molar-refractivity contribution < 1.29 is 13.4 Å². The van der Waals surface area contributed by atoms with E-state index in [9.17, 15) is 8.68 Å². The third kappa shape index (κ3) is 2.47. The van der Waals surface area contributed by atoms with Crippen molar-refractivity contribution in [3.63, 3.8) is 0 Å². The number of pyridine rings is 1. The summed E-state index contributed by atoms with van der Waals surface area (Å²) in [6.45, 7) is 1.38. The predicted molar refractivity (Wildman–Crippen MR) is 101 cm³/mol. The fraction of sp³-hybridized carbons (Fsp3) is 0.333. The number of aromatic nitrogens is 1. The number of piperidine rings is 1. The lowest BCUT2D eigenvalue weighted by Crippen LogP contribution is -2.47. The summed E-state index contributed by atoms with van der Waals surface area (Å²) in [4.78, 5) is 19.5. The zero-order valence-corrected chi connectivity index (χ0v) is 15.1. The first-order chi connectivity index (χ1) is 12.6. The molecule has 0 saturated carbocycles. The van der Waals surface area contributed by atoms with E-state index >= 15 is 0 Å². The SMILES string of the molecule is COc1cnc2c(c1)C1(CCN(c3ccc(N)cc3)CC1)C(=O)N2SF. The van der Waals surface area contributed by atoms with Gasteiger partial charge >= 0.3 is 0 Å². The summed E-state index contributed by atoms with van der Waals surface area (Å²) in [5, 5.41) is 0. The number of nitrogens with two attached hydrogens (primary N) is 1. The van der Waals surface area contributed by atoms with E-state index in [2.05, 4.69) is 9.88 Å². The molecule has 26 heavy (non-hydrogen) atoms. The van der Waals surface area contributed by atoms with E-state index < -0.39 is 5.41 Å². The molecule has 2 aliphatic heterocycles. The summed E-state index contributed by atoms with van der Waals surface area (Å²) in [7, 11) is 1.55. The minimum absolute atomic E-state index is 0.0840. The first-order valence-corrected chi connectivity index (χ1v) is 9.05. The van der Waals surface area contributed by atoms with Gasteiger partial charge in [-0.2, -0.15) is 0 Å². The largest absolute Gasteiger partial charge is 0.495 e. The molecule has 136 valence electrons. The molecule has 4 rings (SSSR count). The van der Waals surface area contributed by atoms with Crippen molar-refractivity contribution in [2.75, 3.05) is 35.1 Å². The van der Waals surface area contributed by atoms with E-state index in [0.29, 0.717) is 37.5 Å². The van der Waals surface area contributed by atoms with Crippen LogP contribution in [0.3, 0.4) is 0 Å². The first kappa shape index (κ1) is 17.0. The minimum atomic E-state index is -0.750. The molecule has 1 saturated heterocycles. The zero-order valence-electron chi connectivity index (χ0n) is 14.3. The molecule has 6 nitrogen and oxygen atoms in total. The molecule has 1 fully saturated rings. The minimum Gasteiger partial charge on any atom is -0.495 e. The van der Waals surface area contributed by atoms with Crippen LogP contribution in [0.5, 0.6) is 5.75 Å². The van der Waals surface area contributed by atoms with Gasteiger partial charge in [-0.3, -0.25) is 4.79 Å². The molecule has 0 bridgehead atoms. The third-order valence-electron chi connectivity index (χ3n) is 5.32. The number of carbonyl (C=O) groups is 1. The Morgan fingerprint density at radius 2 is 1.96 bits per heavy atom. The Hall–Kier alpha value is -2.48. The van der Waals surface area contributed by atoms with Gasteiger partial charge in [0.05, 0.1) is 18.7 Å². The molecule has 0 atom stereocenters. The molecule has 1 aromatic heterocycles. The van der Waals surface area contributed by atoms with Gasteiger partial charge in [0.1, 0.15) is 5.75 Å². The molecule has 0 unspecified atom stereocenters. The number of anilines is 3. The molecular weight excluding hydrogens is 355 g/mol. The lowest BCUT2D eigenvalue weighted by Gasteiger charge is -2.39. The number of hydrogen-bond acceptors (Lipinski definition) is 6. The highest BCUT2D eigenvalue weighted by molar-refractivity contribution is 7.96. The molecule has 8 heteroatoms. The van der Waals surface area contributed by atoms with E-state index in [1.807, 2.05) is 30.3 Å². The van der Waals surface area contributed by atoms with Gasteiger partial charge in [-0.15, -0.1) is 3.89 Å². The van der Waals surface area contributed by atoms with Crippen molar-refractivity contribution in [2.24, 2.45) is 0 Å². The maximum absolute atomic E-state index is 13.5. The number of amides is 1. The van der Waals surface area contributed by atoms with Crippen molar-refractivity contribution in [2.45, 2.75) is 18.3 Å². The van der Waals surface area contributed by atoms with Crippen LogP contribution < -0.4 is 19.7 Å². The fourth-order valence-electron chi connectivity index (χ4n) is 3.85. The number of fused-ring (bicyclic) bond motifs is 2. The molecule has 2 N–H and O–H groups in total. The number of benzene rings is 1. The number of methoxy groups -OCH3 is 1. The molecular formula is C18H19FN4O2S. The quantitative estimate of drug-likeness (QED) is 0.658. The third-order valence-corrected chi connectivity index (χ3v) is 5.80. The topological polar surface area (TPSA) is 71.7 Å². The Morgan fingerprint density at radius 3 is 2.58 bits per heavy atom. The molecule has 0 aliphatic carbocycles. The maximum atomic E-state index is 13.5. The van der Waals surface area contributed by atoms with E-state index in [-0.39, 0.29) is 18.2 Å². The van der Waals surface area contributed by atoms with Crippen molar-refractivity contribution in [1.29, 1.82) is 0 Å². The van der Waals surface area contributed by atoms with E-state index in [0.717, 1.165) is 21.2 Å². The second kappa shape index (κ2) is 6.35. The summed E-state index contributed by atoms with van der Waals surface area (Å²) in [6.07, 6.45) is 2.70. The van der Waals surface area contributed by atoms with Gasteiger partial charge in [-0.05, 0) is 43.2 Å². The highest BCUT2D eigenvalue weighted by Crippen LogP contribution is 2.50. The van der Waals surface area contributed by atoms with E-state index in [4.69, 9.17) is 10.5 Å². The lowest BCUT2D eigenvalue weighted by atomic mass is 9.74. The Morgan fingerprint density at radius 1 is 1.27 bits per heavy atom. The molecule has 1 spiro atoms. The predicted octanol–water partition coefficient (Wildman–Crippen LogP) is 3.09. The Bertz CT molecular complexity index is 838. The van der Waals surface area contributed by atoms with Gasteiger partial charge in [0.15, 0.2) is 18.2 Å². The Labute approximate surface area is 155 Å². The van der Waals surface area contributed by atoms with Gasteiger partial charge < -0.3 is 15.4 Å². The van der Waals surface area contributed by atoms with Crippen molar-refractivity contribution in [3.05, 3.63) is 42.1 Å². The monoisotopic (exact) mass is 374 g/mol. The number of nitrogens with zero attached hydrogens (tertiary/aromatic N) is 3. The van der Waals surface area contributed by atoms with Crippen LogP contribution in [0.2, 0.25) is 0 Å². The molecule has 0 radical (unpaired) electrons. The van der Waals surface area contributed by atoms with Crippen LogP contribution in [0.25, 0.3) is 0 Å². The molecule has 3 heterocycles. The fourth-order valence-corrected chi connectivity index (χ4v) is 4.30. The highest BCUT2D eigenvalue weighted by Gasteiger charge is 2.54. The van der Waals surface area contributed by atoms with Crippen LogP contribution in [-0.4, -0.2) is 31.1 Å². The van der Waals surface area contributed by atoms with Crippen LogP contribution in [-0.2, 0) is 10.2 Å². The summed E-state index contributed by atoms with van der Waals surface area (Å²) in [5.41, 5.74) is 7.55. The average Bonchev–Trinajstić information content (AvgIpc) is 2.90. The maximum Gasteiger partial charge on any atom is 0.251 e. The number of hydrogen-bond donors (Lipinski definition) is 1. The highest BCUT2D eigenvalue weighted by atomic mass is 32.2. The summed E-state index contributed by atoms with van der Waals surface area (Å²) in [6, 6.07) is 9.51. The second-order valence-electron chi connectivity index (χ2n) is 6.58. The summed E-state index contributed by atoms with van der Waals surface area (Å²) >= 11 is -0.0840. The Kier molecular flexibility index (Phi) is 4.14. The lowest BCUT2D eigenvalue weighted by molar-refractivity contribution is -0.122. The van der Waals surface area contributed by atoms with Crippen LogP contribution in [0, 0.1) is 0 Å². The average molecular weight is 374 g/mol. The normalized spacial score (nSPS) is 18.3. The number of halogens is 1. The van der Waals surface area contributed by atoms with Crippen molar-refractivity contribution >= 4 is 35.4 Å². The zero-order chi connectivity index (χ0) is 18.3. The van der Waals surface area contributed by atoms with Gasteiger partial charge in [0.25, 0.3) is 5.91 Å². The van der Waals surface area contributed by atoms with Crippen molar-refractivity contribution in [3.8, 4) is 5.75 Å². The van der Waals surface area contributed by atoms with Crippen LogP contribution in [0.4, 0.5) is 21.1 Å². The van der Waals surface area contributed by atoms with Crippen LogP contribution in [0.1, 0.15) is 18.4 Å². The molecule has 1 aromatic carbocycles. The Balaban J connectivity index is 1.65. The van der Waals surface area contributed by atoms with Gasteiger partial charge in [0.2, 0.25) is 0 Å². The van der Waals surface area contributed by atoms with Gasteiger partial charge in [0, 0.05) is 30.0 Å². The summed E-state index contributed by atoms with van der Waals surface area (Å²) < 4.78 is 19.8.